The van der Waals surface area contributed by atoms with E-state index in [1.165, 1.54) is 12.4 Å². The summed E-state index contributed by atoms with van der Waals surface area (Å²) in [5.41, 5.74) is 1.18. The van der Waals surface area contributed by atoms with E-state index in [0.29, 0.717) is 6.42 Å². The van der Waals surface area contributed by atoms with Crippen molar-refractivity contribution >= 4 is 23.3 Å². The molecule has 4 rings (SSSR count). The van der Waals surface area contributed by atoms with Crippen molar-refractivity contribution in [3.05, 3.63) is 52.6 Å². The number of anilines is 1. The summed E-state index contributed by atoms with van der Waals surface area (Å²) in [6.45, 7) is 0. The average Bonchev–Trinajstić information content (AvgIpc) is 2.89. The van der Waals surface area contributed by atoms with Gasteiger partial charge in [-0.2, -0.15) is 13.2 Å². The SMILES string of the molecule is O=C(Nc1ccc(C(F)(F)F)c(Cl)c1)N1C2CC[C@@H]1Cc1ncncc12. The molecule has 9 heteroatoms. The first kappa shape index (κ1) is 17.1. The van der Waals surface area contributed by atoms with Gasteiger partial charge in [0.15, 0.2) is 0 Å². The second kappa shape index (κ2) is 6.12. The van der Waals surface area contributed by atoms with Gasteiger partial charge in [0, 0.05) is 29.9 Å². The highest BCUT2D eigenvalue weighted by atomic mass is 35.5. The number of nitrogens with zero attached hydrogens (tertiary/aromatic N) is 3. The third-order valence-corrected chi connectivity index (χ3v) is 5.19. The summed E-state index contributed by atoms with van der Waals surface area (Å²) in [6, 6.07) is 2.73. The Balaban J connectivity index is 1.56. The van der Waals surface area contributed by atoms with Crippen LogP contribution in [0.1, 0.15) is 35.7 Å². The number of benzene rings is 1. The Bertz CT molecular complexity index is 873. The van der Waals surface area contributed by atoms with Gasteiger partial charge >= 0.3 is 12.2 Å². The molecule has 3 heterocycles. The van der Waals surface area contributed by atoms with Crippen LogP contribution in [0.3, 0.4) is 0 Å². The summed E-state index contributed by atoms with van der Waals surface area (Å²) in [4.78, 5) is 22.8. The number of carbonyl (C=O) groups excluding carboxylic acids is 1. The largest absolute Gasteiger partial charge is 0.417 e. The molecule has 2 aliphatic heterocycles. The van der Waals surface area contributed by atoms with Crippen LogP contribution in [0.5, 0.6) is 0 Å². The maximum absolute atomic E-state index is 12.8. The number of alkyl halides is 3. The van der Waals surface area contributed by atoms with Crippen molar-refractivity contribution in [1.29, 1.82) is 0 Å². The van der Waals surface area contributed by atoms with Crippen LogP contribution in [0.25, 0.3) is 0 Å². The number of urea groups is 1. The van der Waals surface area contributed by atoms with Gasteiger partial charge in [0.25, 0.3) is 0 Å². The minimum Gasteiger partial charge on any atom is -0.314 e. The molecule has 0 radical (unpaired) electrons. The van der Waals surface area contributed by atoms with Gasteiger partial charge < -0.3 is 10.2 Å². The molecule has 136 valence electrons. The van der Waals surface area contributed by atoms with E-state index >= 15 is 0 Å². The monoisotopic (exact) mass is 382 g/mol. The van der Waals surface area contributed by atoms with E-state index in [4.69, 9.17) is 11.6 Å². The molecule has 0 aliphatic carbocycles. The molecule has 1 unspecified atom stereocenters. The van der Waals surface area contributed by atoms with Crippen LogP contribution in [0.4, 0.5) is 23.7 Å². The Morgan fingerprint density at radius 1 is 1.31 bits per heavy atom. The lowest BCUT2D eigenvalue weighted by atomic mass is 10.00. The predicted molar refractivity (Wildman–Crippen MR) is 88.8 cm³/mol. The molecule has 2 aromatic rings. The summed E-state index contributed by atoms with van der Waals surface area (Å²) in [6.07, 6.45) is 1.00. The van der Waals surface area contributed by atoms with Crippen LogP contribution in [-0.2, 0) is 12.6 Å². The maximum atomic E-state index is 12.8. The van der Waals surface area contributed by atoms with E-state index in [9.17, 15) is 18.0 Å². The average molecular weight is 383 g/mol. The molecule has 1 N–H and O–H groups in total. The van der Waals surface area contributed by atoms with Gasteiger partial charge in [-0.15, -0.1) is 0 Å². The van der Waals surface area contributed by atoms with Crippen LogP contribution in [0.2, 0.25) is 5.02 Å². The summed E-state index contributed by atoms with van der Waals surface area (Å²) in [7, 11) is 0. The van der Waals surface area contributed by atoms with Crippen molar-refractivity contribution in [2.45, 2.75) is 37.5 Å². The number of carbonyl (C=O) groups is 1. The molecule has 26 heavy (non-hydrogen) atoms. The molecule has 2 aliphatic rings. The van der Waals surface area contributed by atoms with Gasteiger partial charge in [-0.05, 0) is 31.0 Å². The molecule has 1 fully saturated rings. The molecule has 2 atom stereocenters. The molecular weight excluding hydrogens is 369 g/mol. The molecule has 0 saturated carbocycles. The number of aromatic nitrogens is 2. The quantitative estimate of drug-likeness (QED) is 0.793. The van der Waals surface area contributed by atoms with Crippen LogP contribution in [0.15, 0.2) is 30.7 Å². The van der Waals surface area contributed by atoms with Crippen molar-refractivity contribution in [2.75, 3.05) is 5.32 Å². The van der Waals surface area contributed by atoms with E-state index < -0.39 is 16.8 Å². The standard InChI is InChI=1S/C17H14ClF3N4O/c18-13-5-9(1-3-12(13)17(19,20)21)24-16(26)25-10-2-4-15(25)11-7-22-8-23-14(11)6-10/h1,3,5,7-8,10,15H,2,4,6H2,(H,24,26)/t10-,15?/m1/s1. The van der Waals surface area contributed by atoms with Crippen molar-refractivity contribution in [2.24, 2.45) is 0 Å². The lowest BCUT2D eigenvalue weighted by Gasteiger charge is -2.35. The number of fused-ring (bicyclic) bond motifs is 4. The Kier molecular flexibility index (Phi) is 4.02. The molecule has 1 saturated heterocycles. The Morgan fingerprint density at radius 3 is 2.85 bits per heavy atom. The fourth-order valence-electron chi connectivity index (χ4n) is 3.74. The van der Waals surface area contributed by atoms with Crippen LogP contribution in [0, 0.1) is 0 Å². The normalized spacial score (nSPS) is 21.5. The van der Waals surface area contributed by atoms with E-state index in [1.54, 1.807) is 11.1 Å². The minimum absolute atomic E-state index is 0.0207. The molecule has 2 amide bonds. The molecule has 2 bridgehead atoms. The molecule has 5 nitrogen and oxygen atoms in total. The van der Waals surface area contributed by atoms with Crippen LogP contribution in [-0.4, -0.2) is 26.9 Å². The number of amides is 2. The summed E-state index contributed by atoms with van der Waals surface area (Å²) in [5, 5.41) is 2.21. The second-order valence-corrected chi connectivity index (χ2v) is 6.81. The number of nitrogens with one attached hydrogen (secondary N) is 1. The first-order valence-electron chi connectivity index (χ1n) is 8.09. The van der Waals surface area contributed by atoms with E-state index in [2.05, 4.69) is 15.3 Å². The van der Waals surface area contributed by atoms with Crippen molar-refractivity contribution in [3.63, 3.8) is 0 Å². The number of rotatable bonds is 1. The lowest BCUT2D eigenvalue weighted by Crippen LogP contribution is -2.44. The Labute approximate surface area is 152 Å². The first-order valence-corrected chi connectivity index (χ1v) is 8.47. The molecule has 1 aromatic carbocycles. The number of halogens is 4. The zero-order chi connectivity index (χ0) is 18.5. The predicted octanol–water partition coefficient (Wildman–Crippen LogP) is 4.44. The highest BCUT2D eigenvalue weighted by Gasteiger charge is 2.43. The molecule has 1 aromatic heterocycles. The topological polar surface area (TPSA) is 58.1 Å². The minimum atomic E-state index is -4.53. The van der Waals surface area contributed by atoms with Crippen molar-refractivity contribution in [1.82, 2.24) is 14.9 Å². The zero-order valence-electron chi connectivity index (χ0n) is 13.4. The third kappa shape index (κ3) is 2.88. The first-order chi connectivity index (χ1) is 12.3. The summed E-state index contributed by atoms with van der Waals surface area (Å²) >= 11 is 5.72. The van der Waals surface area contributed by atoms with Crippen molar-refractivity contribution < 1.29 is 18.0 Å². The second-order valence-electron chi connectivity index (χ2n) is 6.41. The molecule has 0 spiro atoms. The van der Waals surface area contributed by atoms with E-state index in [0.717, 1.165) is 36.2 Å². The fourth-order valence-corrected chi connectivity index (χ4v) is 4.03. The van der Waals surface area contributed by atoms with Crippen LogP contribution < -0.4 is 5.32 Å². The van der Waals surface area contributed by atoms with Gasteiger partial charge in [-0.1, -0.05) is 11.6 Å². The van der Waals surface area contributed by atoms with Gasteiger partial charge in [0.2, 0.25) is 0 Å². The van der Waals surface area contributed by atoms with Gasteiger partial charge in [0.1, 0.15) is 6.33 Å². The summed E-state index contributed by atoms with van der Waals surface area (Å²) in [5.74, 6) is 0. The molecular formula is C17H14ClF3N4O. The van der Waals surface area contributed by atoms with Gasteiger partial charge in [-0.3, -0.25) is 0 Å². The van der Waals surface area contributed by atoms with E-state index in [1.807, 2.05) is 0 Å². The van der Waals surface area contributed by atoms with Gasteiger partial charge in [0.05, 0.1) is 22.3 Å². The van der Waals surface area contributed by atoms with E-state index in [-0.39, 0.29) is 23.8 Å². The summed E-state index contributed by atoms with van der Waals surface area (Å²) < 4.78 is 38.4. The Hall–Kier alpha value is -2.35. The highest BCUT2D eigenvalue weighted by Crippen LogP contribution is 2.43. The number of hydrogen-bond acceptors (Lipinski definition) is 3. The smallest absolute Gasteiger partial charge is 0.314 e. The third-order valence-electron chi connectivity index (χ3n) is 4.88. The van der Waals surface area contributed by atoms with Crippen LogP contribution >= 0.6 is 11.6 Å². The Morgan fingerprint density at radius 2 is 2.12 bits per heavy atom. The lowest BCUT2D eigenvalue weighted by molar-refractivity contribution is -0.137. The zero-order valence-corrected chi connectivity index (χ0v) is 14.2. The number of hydrogen-bond donors (Lipinski definition) is 1. The fraction of sp³-hybridized carbons (Fsp3) is 0.353. The van der Waals surface area contributed by atoms with Gasteiger partial charge in [-0.25, -0.2) is 14.8 Å². The highest BCUT2D eigenvalue weighted by molar-refractivity contribution is 6.31. The maximum Gasteiger partial charge on any atom is 0.417 e. The van der Waals surface area contributed by atoms with Crippen molar-refractivity contribution in [3.8, 4) is 0 Å².